The van der Waals surface area contributed by atoms with Crippen molar-refractivity contribution in [1.82, 2.24) is 10.4 Å². The number of carbonyl (C=O) groups excluding carboxylic acids is 1. The summed E-state index contributed by atoms with van der Waals surface area (Å²) >= 11 is 1.48. The zero-order chi connectivity index (χ0) is 23.7. The van der Waals surface area contributed by atoms with Gasteiger partial charge in [0, 0.05) is 21.6 Å². The monoisotopic (exact) mass is 449 g/mol. The van der Waals surface area contributed by atoms with Gasteiger partial charge in [-0.3, -0.25) is 4.79 Å². The van der Waals surface area contributed by atoms with E-state index in [0.29, 0.717) is 11.4 Å². The topological polar surface area (TPSA) is 74.6 Å². The van der Waals surface area contributed by atoms with E-state index in [1.807, 2.05) is 49.4 Å². The number of nitrogens with one attached hydrogen (secondary N) is 1. The quantitative estimate of drug-likeness (QED) is 0.369. The lowest BCUT2D eigenvalue weighted by Crippen LogP contribution is -2.20. The third-order valence-corrected chi connectivity index (χ3v) is 6.18. The number of aromatic nitrogens is 1. The number of nitrogens with zero attached hydrogens (tertiary/aromatic N) is 2. The van der Waals surface area contributed by atoms with E-state index in [-0.39, 0.29) is 16.7 Å². The molecule has 1 heterocycles. The number of aromatic hydroxyl groups is 1. The summed E-state index contributed by atoms with van der Waals surface area (Å²) in [6.07, 6.45) is 1.61. The smallest absolute Gasteiger partial charge is 0.291 e. The lowest BCUT2D eigenvalue weighted by Gasteiger charge is -2.27. The van der Waals surface area contributed by atoms with Gasteiger partial charge in [0.1, 0.15) is 16.5 Å². The van der Waals surface area contributed by atoms with Crippen LogP contribution in [0.15, 0.2) is 47.6 Å². The van der Waals surface area contributed by atoms with Gasteiger partial charge < -0.3 is 5.11 Å². The maximum atomic E-state index is 12.7. The summed E-state index contributed by atoms with van der Waals surface area (Å²) in [6, 6.07) is 13.6. The number of phenolic OH excluding ortho intramolecular Hbond substituents is 1. The SMILES string of the molecule is Cc1sc(-c2ccccc2)nc1C(=O)N/N=C\c1cc(C(C)(C)C)c(O)c(C(C)(C)C)c1. The fourth-order valence-electron chi connectivity index (χ4n) is 3.40. The number of amides is 1. The minimum Gasteiger partial charge on any atom is -0.507 e. The number of hydrazone groups is 1. The molecule has 0 radical (unpaired) electrons. The fourth-order valence-corrected chi connectivity index (χ4v) is 4.32. The average molecular weight is 450 g/mol. The molecule has 5 nitrogen and oxygen atoms in total. The number of hydrogen-bond donors (Lipinski definition) is 2. The van der Waals surface area contributed by atoms with Gasteiger partial charge in [-0.05, 0) is 35.4 Å². The van der Waals surface area contributed by atoms with Gasteiger partial charge in [-0.1, -0.05) is 71.9 Å². The van der Waals surface area contributed by atoms with Crippen molar-refractivity contribution in [3.63, 3.8) is 0 Å². The largest absolute Gasteiger partial charge is 0.507 e. The van der Waals surface area contributed by atoms with Crippen LogP contribution < -0.4 is 5.43 Å². The molecule has 3 aromatic rings. The Morgan fingerprint density at radius 1 is 1.03 bits per heavy atom. The molecule has 32 heavy (non-hydrogen) atoms. The molecule has 168 valence electrons. The number of thiazole rings is 1. The Morgan fingerprint density at radius 3 is 2.12 bits per heavy atom. The van der Waals surface area contributed by atoms with E-state index in [4.69, 9.17) is 0 Å². The highest BCUT2D eigenvalue weighted by atomic mass is 32.1. The van der Waals surface area contributed by atoms with Crippen LogP contribution in [0.5, 0.6) is 5.75 Å². The van der Waals surface area contributed by atoms with Crippen LogP contribution >= 0.6 is 11.3 Å². The number of phenols is 1. The molecule has 0 aliphatic heterocycles. The van der Waals surface area contributed by atoms with Gasteiger partial charge in [0.2, 0.25) is 0 Å². The molecule has 2 aromatic carbocycles. The minimum atomic E-state index is -0.344. The predicted octanol–water partition coefficient (Wildman–Crippen LogP) is 6.18. The second-order valence-corrected chi connectivity index (χ2v) is 11.2. The van der Waals surface area contributed by atoms with Crippen LogP contribution in [0.4, 0.5) is 0 Å². The van der Waals surface area contributed by atoms with Crippen molar-refractivity contribution in [3.8, 4) is 16.3 Å². The summed E-state index contributed by atoms with van der Waals surface area (Å²) in [4.78, 5) is 18.0. The van der Waals surface area contributed by atoms with Gasteiger partial charge in [-0.25, -0.2) is 10.4 Å². The molecule has 0 atom stereocenters. The lowest BCUT2D eigenvalue weighted by atomic mass is 9.78. The Balaban J connectivity index is 1.85. The van der Waals surface area contributed by atoms with Crippen molar-refractivity contribution in [2.75, 3.05) is 0 Å². The summed E-state index contributed by atoms with van der Waals surface area (Å²) in [7, 11) is 0. The lowest BCUT2D eigenvalue weighted by molar-refractivity contribution is 0.0950. The van der Waals surface area contributed by atoms with Crippen LogP contribution in [0.2, 0.25) is 0 Å². The first-order chi connectivity index (χ1) is 14.9. The van der Waals surface area contributed by atoms with Crippen molar-refractivity contribution in [2.45, 2.75) is 59.3 Å². The highest BCUT2D eigenvalue weighted by Gasteiger charge is 2.26. The molecule has 1 aromatic heterocycles. The first-order valence-corrected chi connectivity index (χ1v) is 11.4. The maximum absolute atomic E-state index is 12.7. The Bertz CT molecular complexity index is 1120. The van der Waals surface area contributed by atoms with E-state index < -0.39 is 0 Å². The predicted molar refractivity (Wildman–Crippen MR) is 133 cm³/mol. The van der Waals surface area contributed by atoms with E-state index in [1.165, 1.54) is 11.3 Å². The maximum Gasteiger partial charge on any atom is 0.291 e. The fraction of sp³-hybridized carbons (Fsp3) is 0.346. The number of benzene rings is 2. The Kier molecular flexibility index (Phi) is 6.56. The summed E-state index contributed by atoms with van der Waals surface area (Å²) < 4.78 is 0. The van der Waals surface area contributed by atoms with Crippen molar-refractivity contribution in [1.29, 1.82) is 0 Å². The summed E-state index contributed by atoms with van der Waals surface area (Å²) in [6.45, 7) is 14.3. The number of rotatable bonds is 4. The molecule has 0 saturated heterocycles. The average Bonchev–Trinajstić information content (AvgIpc) is 3.09. The van der Waals surface area contributed by atoms with Crippen LogP contribution in [0, 0.1) is 6.92 Å². The normalized spacial score (nSPS) is 12.3. The second-order valence-electron chi connectivity index (χ2n) is 9.95. The van der Waals surface area contributed by atoms with Crippen LogP contribution in [0.25, 0.3) is 10.6 Å². The van der Waals surface area contributed by atoms with Crippen molar-refractivity contribution < 1.29 is 9.90 Å². The molecule has 0 fully saturated rings. The molecule has 0 aliphatic carbocycles. The van der Waals surface area contributed by atoms with E-state index in [9.17, 15) is 9.90 Å². The highest BCUT2D eigenvalue weighted by Crippen LogP contribution is 2.39. The van der Waals surface area contributed by atoms with Crippen molar-refractivity contribution in [3.05, 3.63) is 69.7 Å². The molecule has 3 rings (SSSR count). The van der Waals surface area contributed by atoms with E-state index in [2.05, 4.69) is 57.1 Å². The molecular formula is C26H31N3O2S. The molecule has 2 N–H and O–H groups in total. The second kappa shape index (κ2) is 8.87. The van der Waals surface area contributed by atoms with Crippen LogP contribution in [-0.4, -0.2) is 22.2 Å². The number of aryl methyl sites for hydroxylation is 1. The first kappa shape index (κ1) is 23.7. The molecule has 0 spiro atoms. The molecular weight excluding hydrogens is 418 g/mol. The standard InChI is InChI=1S/C26H31N3O2S/c1-16-21(28-24(32-16)18-11-9-8-10-12-18)23(31)29-27-15-17-13-19(25(2,3)4)22(30)20(14-17)26(5,6)7/h8-15,30H,1-7H3,(H,29,31)/b27-15-. The molecule has 1 amide bonds. The first-order valence-electron chi connectivity index (χ1n) is 10.6. The van der Waals surface area contributed by atoms with E-state index in [0.717, 1.165) is 32.1 Å². The third kappa shape index (κ3) is 5.25. The van der Waals surface area contributed by atoms with Crippen LogP contribution in [0.1, 0.15) is 73.6 Å². The van der Waals surface area contributed by atoms with Crippen LogP contribution in [0.3, 0.4) is 0 Å². The Labute approximate surface area is 194 Å². The third-order valence-electron chi connectivity index (χ3n) is 5.16. The van der Waals surface area contributed by atoms with Gasteiger partial charge in [-0.2, -0.15) is 5.10 Å². The molecule has 0 bridgehead atoms. The van der Waals surface area contributed by atoms with Gasteiger partial charge >= 0.3 is 0 Å². The highest BCUT2D eigenvalue weighted by molar-refractivity contribution is 7.15. The minimum absolute atomic E-state index is 0.233. The zero-order valence-electron chi connectivity index (χ0n) is 19.8. The molecule has 6 heteroatoms. The van der Waals surface area contributed by atoms with Gasteiger partial charge in [0.25, 0.3) is 5.91 Å². The zero-order valence-corrected chi connectivity index (χ0v) is 20.6. The van der Waals surface area contributed by atoms with Gasteiger partial charge in [0.15, 0.2) is 0 Å². The van der Waals surface area contributed by atoms with Crippen molar-refractivity contribution >= 4 is 23.5 Å². The Morgan fingerprint density at radius 2 is 1.59 bits per heavy atom. The number of hydrogen-bond acceptors (Lipinski definition) is 5. The molecule has 0 aliphatic rings. The number of carbonyl (C=O) groups is 1. The summed E-state index contributed by atoms with van der Waals surface area (Å²) in [5.74, 6) is -0.0271. The molecule has 0 saturated carbocycles. The van der Waals surface area contributed by atoms with E-state index in [1.54, 1.807) is 6.21 Å². The van der Waals surface area contributed by atoms with Crippen LogP contribution in [-0.2, 0) is 10.8 Å². The van der Waals surface area contributed by atoms with Gasteiger partial charge in [-0.15, -0.1) is 11.3 Å². The van der Waals surface area contributed by atoms with Gasteiger partial charge in [0.05, 0.1) is 6.21 Å². The molecule has 0 unspecified atom stereocenters. The summed E-state index contributed by atoms with van der Waals surface area (Å²) in [5.41, 5.74) is 6.00. The Hall–Kier alpha value is -2.99. The summed E-state index contributed by atoms with van der Waals surface area (Å²) in [5, 5.41) is 15.8. The van der Waals surface area contributed by atoms with Crippen molar-refractivity contribution in [2.24, 2.45) is 5.10 Å². The van der Waals surface area contributed by atoms with E-state index >= 15 is 0 Å².